The molecule has 31 heavy (non-hydrogen) atoms. The van der Waals surface area contributed by atoms with E-state index in [0.29, 0.717) is 50.0 Å². The van der Waals surface area contributed by atoms with Crippen molar-refractivity contribution >= 4 is 17.8 Å². The summed E-state index contributed by atoms with van der Waals surface area (Å²) in [5.74, 6) is 0.349. The van der Waals surface area contributed by atoms with Crippen LogP contribution in [0.5, 0.6) is 5.75 Å². The van der Waals surface area contributed by atoms with Crippen LogP contribution >= 0.6 is 0 Å². The molecule has 0 aromatic heterocycles. The van der Waals surface area contributed by atoms with Crippen LogP contribution in [0, 0.1) is 11.8 Å². The van der Waals surface area contributed by atoms with Crippen molar-refractivity contribution in [3.8, 4) is 5.75 Å². The molecule has 1 aliphatic rings. The molecule has 172 valence electrons. The van der Waals surface area contributed by atoms with Crippen LogP contribution in [-0.2, 0) is 20.8 Å². The molecule has 3 N–H and O–H groups in total. The molecule has 0 radical (unpaired) electrons. The Balaban J connectivity index is 1.92. The fourth-order valence-electron chi connectivity index (χ4n) is 3.74. The molecule has 1 fully saturated rings. The third kappa shape index (κ3) is 9.85. The smallest absolute Gasteiger partial charge is 0.303 e. The first-order chi connectivity index (χ1) is 14.8. The second kappa shape index (κ2) is 13.0. The van der Waals surface area contributed by atoms with E-state index >= 15 is 0 Å². The molecule has 0 aliphatic heterocycles. The Morgan fingerprint density at radius 3 is 2.42 bits per heavy atom. The molecule has 1 aliphatic carbocycles. The topological polar surface area (TPSA) is 105 Å². The lowest BCUT2D eigenvalue weighted by molar-refractivity contribution is -0.137. The summed E-state index contributed by atoms with van der Waals surface area (Å²) in [6, 6.07) is 6.74. The zero-order valence-corrected chi connectivity index (χ0v) is 18.7. The summed E-state index contributed by atoms with van der Waals surface area (Å²) >= 11 is 0. The van der Waals surface area contributed by atoms with E-state index in [2.05, 4.69) is 10.6 Å². The number of amides is 2. The highest BCUT2D eigenvalue weighted by molar-refractivity contribution is 5.88. The number of aliphatic carboxylic acids is 1. The van der Waals surface area contributed by atoms with Crippen LogP contribution in [0.15, 0.2) is 24.3 Å². The lowest BCUT2D eigenvalue weighted by Crippen LogP contribution is -2.49. The molecule has 0 saturated heterocycles. The highest BCUT2D eigenvalue weighted by atomic mass is 16.5. The molecule has 2 rings (SSSR count). The van der Waals surface area contributed by atoms with Crippen LogP contribution in [0.25, 0.3) is 0 Å². The van der Waals surface area contributed by atoms with Crippen molar-refractivity contribution in [1.29, 1.82) is 0 Å². The Kier molecular flexibility index (Phi) is 10.3. The standard InChI is InChI=1S/C24H36N2O5/c1-17(2)16-25-24(30)21(26-22(27)15-18-6-3-4-7-18)14-19-9-11-20(12-10-19)31-13-5-8-23(28)29/h9-12,17-18,21H,3-8,13-16H2,1-2H3,(H,25,30)(H,26,27)(H,28,29)/t21-/m0/s1. The zero-order chi connectivity index (χ0) is 22.6. The van der Waals surface area contributed by atoms with Crippen LogP contribution in [0.3, 0.4) is 0 Å². The quantitative estimate of drug-likeness (QED) is 0.415. The second-order valence-corrected chi connectivity index (χ2v) is 8.81. The van der Waals surface area contributed by atoms with Gasteiger partial charge in [0.1, 0.15) is 11.8 Å². The predicted octanol–water partition coefficient (Wildman–Crippen LogP) is 3.31. The van der Waals surface area contributed by atoms with E-state index < -0.39 is 12.0 Å². The molecule has 7 heteroatoms. The molecule has 0 spiro atoms. The van der Waals surface area contributed by atoms with Gasteiger partial charge in [-0.25, -0.2) is 0 Å². The highest BCUT2D eigenvalue weighted by Gasteiger charge is 2.24. The second-order valence-electron chi connectivity index (χ2n) is 8.81. The summed E-state index contributed by atoms with van der Waals surface area (Å²) in [6.07, 6.45) is 5.95. The van der Waals surface area contributed by atoms with Gasteiger partial charge in [-0.05, 0) is 48.8 Å². The SMILES string of the molecule is CC(C)CNC(=O)[C@H](Cc1ccc(OCCCC(=O)O)cc1)NC(=O)CC1CCCC1. The molecule has 0 heterocycles. The first kappa shape index (κ1) is 24.7. The van der Waals surface area contributed by atoms with Crippen LogP contribution in [0.4, 0.5) is 0 Å². The van der Waals surface area contributed by atoms with Gasteiger partial charge in [0.15, 0.2) is 0 Å². The fraction of sp³-hybridized carbons (Fsp3) is 0.625. The van der Waals surface area contributed by atoms with Crippen LogP contribution in [-0.4, -0.2) is 42.1 Å². The third-order valence-corrected chi connectivity index (χ3v) is 5.45. The van der Waals surface area contributed by atoms with Crippen LogP contribution in [0.1, 0.15) is 64.4 Å². The van der Waals surface area contributed by atoms with Crippen LogP contribution < -0.4 is 15.4 Å². The number of benzene rings is 1. The number of carboxylic acids is 1. The molecule has 0 bridgehead atoms. The van der Waals surface area contributed by atoms with Crippen molar-refractivity contribution in [1.82, 2.24) is 10.6 Å². The average molecular weight is 433 g/mol. The molecule has 1 aromatic carbocycles. The Bertz CT molecular complexity index is 711. The van der Waals surface area contributed by atoms with Gasteiger partial charge in [0.2, 0.25) is 11.8 Å². The molecular weight excluding hydrogens is 396 g/mol. The summed E-state index contributed by atoms with van der Waals surface area (Å²) in [5.41, 5.74) is 0.920. The van der Waals surface area contributed by atoms with Gasteiger partial charge in [0, 0.05) is 25.8 Å². The third-order valence-electron chi connectivity index (χ3n) is 5.45. The summed E-state index contributed by atoms with van der Waals surface area (Å²) < 4.78 is 5.56. The lowest BCUT2D eigenvalue weighted by Gasteiger charge is -2.20. The Hall–Kier alpha value is -2.57. The molecular formula is C24H36N2O5. The van der Waals surface area contributed by atoms with Gasteiger partial charge in [-0.15, -0.1) is 0 Å². The van der Waals surface area contributed by atoms with E-state index in [4.69, 9.17) is 9.84 Å². The number of rotatable bonds is 13. The van der Waals surface area contributed by atoms with Gasteiger partial charge in [-0.1, -0.05) is 38.8 Å². The zero-order valence-electron chi connectivity index (χ0n) is 18.7. The number of carbonyl (C=O) groups is 3. The normalized spacial score (nSPS) is 14.9. The maximum atomic E-state index is 12.7. The molecule has 0 unspecified atom stereocenters. The van der Waals surface area contributed by atoms with E-state index in [0.717, 1.165) is 18.4 Å². The minimum absolute atomic E-state index is 0.0602. The van der Waals surface area contributed by atoms with Crippen molar-refractivity contribution in [3.63, 3.8) is 0 Å². The molecule has 2 amide bonds. The maximum absolute atomic E-state index is 12.7. The van der Waals surface area contributed by atoms with E-state index in [-0.39, 0.29) is 18.2 Å². The summed E-state index contributed by atoms with van der Waals surface area (Å²) in [7, 11) is 0. The van der Waals surface area contributed by atoms with Gasteiger partial charge >= 0.3 is 5.97 Å². The number of carboxylic acid groups (broad SMARTS) is 1. The van der Waals surface area contributed by atoms with E-state index in [1.165, 1.54) is 12.8 Å². The van der Waals surface area contributed by atoms with Crippen molar-refractivity contribution in [3.05, 3.63) is 29.8 Å². The minimum atomic E-state index is -0.837. The van der Waals surface area contributed by atoms with Crippen molar-refractivity contribution in [2.75, 3.05) is 13.2 Å². The maximum Gasteiger partial charge on any atom is 0.303 e. The molecule has 1 saturated carbocycles. The number of ether oxygens (including phenoxy) is 1. The van der Waals surface area contributed by atoms with Crippen LogP contribution in [0.2, 0.25) is 0 Å². The summed E-state index contributed by atoms with van der Waals surface area (Å²) in [4.78, 5) is 35.8. The Labute approximate surface area is 184 Å². The highest BCUT2D eigenvalue weighted by Crippen LogP contribution is 2.27. The van der Waals surface area contributed by atoms with Gasteiger partial charge in [-0.2, -0.15) is 0 Å². The molecule has 1 atom stereocenters. The van der Waals surface area contributed by atoms with Gasteiger partial charge in [0.25, 0.3) is 0 Å². The molecule has 7 nitrogen and oxygen atoms in total. The lowest BCUT2D eigenvalue weighted by atomic mass is 10.0. The predicted molar refractivity (Wildman–Crippen MR) is 119 cm³/mol. The Morgan fingerprint density at radius 1 is 1.13 bits per heavy atom. The van der Waals surface area contributed by atoms with E-state index in [9.17, 15) is 14.4 Å². The minimum Gasteiger partial charge on any atom is -0.494 e. The number of carbonyl (C=O) groups excluding carboxylic acids is 2. The van der Waals surface area contributed by atoms with Crippen molar-refractivity contribution in [2.24, 2.45) is 11.8 Å². The molecule has 1 aromatic rings. The number of hydrogen-bond acceptors (Lipinski definition) is 4. The van der Waals surface area contributed by atoms with Crippen molar-refractivity contribution in [2.45, 2.75) is 71.3 Å². The van der Waals surface area contributed by atoms with Gasteiger partial charge in [0.05, 0.1) is 6.61 Å². The van der Waals surface area contributed by atoms with Gasteiger partial charge in [-0.3, -0.25) is 14.4 Å². The summed E-state index contributed by atoms with van der Waals surface area (Å²) in [5, 5.41) is 14.5. The average Bonchev–Trinajstić information content (AvgIpc) is 3.22. The Morgan fingerprint density at radius 2 is 1.81 bits per heavy atom. The number of nitrogens with one attached hydrogen (secondary N) is 2. The number of hydrogen-bond donors (Lipinski definition) is 3. The van der Waals surface area contributed by atoms with E-state index in [1.807, 2.05) is 26.0 Å². The summed E-state index contributed by atoms with van der Waals surface area (Å²) in [6.45, 7) is 4.96. The largest absolute Gasteiger partial charge is 0.494 e. The first-order valence-corrected chi connectivity index (χ1v) is 11.3. The van der Waals surface area contributed by atoms with Gasteiger partial charge < -0.3 is 20.5 Å². The first-order valence-electron chi connectivity index (χ1n) is 11.3. The monoisotopic (exact) mass is 432 g/mol. The van der Waals surface area contributed by atoms with Crippen molar-refractivity contribution < 1.29 is 24.2 Å². The fourth-order valence-corrected chi connectivity index (χ4v) is 3.74. The van der Waals surface area contributed by atoms with E-state index in [1.54, 1.807) is 12.1 Å².